The fraction of sp³-hybridized carbons (Fsp3) is 0. The van der Waals surface area contributed by atoms with Crippen LogP contribution >= 0.6 is 11.6 Å². The first kappa shape index (κ1) is 16.5. The number of nitrogens with one attached hydrogen (secondary N) is 1. The maximum absolute atomic E-state index is 6.29. The van der Waals surface area contributed by atoms with E-state index in [0.717, 1.165) is 16.1 Å². The highest BCUT2D eigenvalue weighted by Crippen LogP contribution is 2.34. The van der Waals surface area contributed by atoms with Gasteiger partial charge in [-0.3, -0.25) is 0 Å². The third-order valence-electron chi connectivity index (χ3n) is 5.85. The van der Waals surface area contributed by atoms with Gasteiger partial charge in [0.2, 0.25) is 0 Å². The lowest BCUT2D eigenvalue weighted by atomic mass is 9.59. The van der Waals surface area contributed by atoms with Crippen molar-refractivity contribution >= 4 is 100.0 Å². The Balaban J connectivity index is 2.20. The predicted molar refractivity (Wildman–Crippen MR) is 127 cm³/mol. The number of aromatic nitrogens is 1. The fourth-order valence-corrected chi connectivity index (χ4v) is 4.21. The Morgan fingerprint density at radius 2 is 1.36 bits per heavy atom. The summed E-state index contributed by atoms with van der Waals surface area (Å²) in [6.45, 7) is 0. The molecule has 0 amide bonds. The lowest BCUT2D eigenvalue weighted by molar-refractivity contribution is 1.55. The first-order valence-electron chi connectivity index (χ1n) is 8.67. The van der Waals surface area contributed by atoms with Crippen molar-refractivity contribution in [1.29, 1.82) is 0 Å². The summed E-state index contributed by atoms with van der Waals surface area (Å²) in [5, 5.41) is 3.22. The minimum atomic E-state index is 0.771. The Bertz CT molecular complexity index is 1140. The molecule has 0 atom stereocenters. The second-order valence-electron chi connectivity index (χ2n) is 7.04. The average molecular weight is 337 g/mol. The van der Waals surface area contributed by atoms with Crippen LogP contribution in [0.2, 0.25) is 5.02 Å². The number of fused-ring (bicyclic) bond motifs is 3. The molecule has 0 radical (unpaired) electrons. The Morgan fingerprint density at radius 3 is 2.04 bits per heavy atom. The lowest BCUT2D eigenvalue weighted by Gasteiger charge is -2.21. The molecule has 0 aliphatic carbocycles. The molecule has 1 N–H and O–H groups in total. The molecule has 4 rings (SSSR count). The largest absolute Gasteiger partial charge is 0.354 e. The van der Waals surface area contributed by atoms with Crippen molar-refractivity contribution < 1.29 is 0 Å². The Morgan fingerprint density at radius 1 is 0.720 bits per heavy atom. The highest BCUT2D eigenvalue weighted by atomic mass is 35.5. The van der Waals surface area contributed by atoms with Crippen LogP contribution in [0.15, 0.2) is 36.4 Å². The Hall–Kier alpha value is -1.93. The molecule has 0 saturated carbocycles. The zero-order valence-electron chi connectivity index (χ0n) is 15.3. The van der Waals surface area contributed by atoms with Crippen LogP contribution in [0, 0.1) is 0 Å². The van der Waals surface area contributed by atoms with Crippen molar-refractivity contribution in [3.05, 3.63) is 41.4 Å². The summed E-state index contributed by atoms with van der Waals surface area (Å²) < 4.78 is 0. The van der Waals surface area contributed by atoms with Crippen molar-refractivity contribution in [2.24, 2.45) is 0 Å². The van der Waals surface area contributed by atoms with Crippen LogP contribution in [0.4, 0.5) is 0 Å². The SMILES string of the molecule is Bc1c(B)c(B)c(-c2cccc3[nH]c4ccc(Cl)cc4c23)c(B)c1B. The van der Waals surface area contributed by atoms with Crippen molar-refractivity contribution in [1.82, 2.24) is 4.98 Å². The highest BCUT2D eigenvalue weighted by molar-refractivity contribution is 6.68. The number of H-pyrrole nitrogens is 1. The molecule has 25 heavy (non-hydrogen) atoms. The molecule has 0 saturated heterocycles. The van der Waals surface area contributed by atoms with Gasteiger partial charge in [0.1, 0.15) is 39.2 Å². The number of hydrogen-bond donors (Lipinski definition) is 1. The van der Waals surface area contributed by atoms with Crippen molar-refractivity contribution in [2.45, 2.75) is 0 Å². The van der Waals surface area contributed by atoms with Crippen molar-refractivity contribution in [2.75, 3.05) is 0 Å². The maximum atomic E-state index is 6.29. The van der Waals surface area contributed by atoms with Gasteiger partial charge in [-0.25, -0.2) is 0 Å². The summed E-state index contributed by atoms with van der Waals surface area (Å²) in [5.41, 5.74) is 11.8. The van der Waals surface area contributed by atoms with E-state index in [1.807, 2.05) is 6.07 Å². The molecule has 1 nitrogen and oxygen atoms in total. The number of hydrogen-bond acceptors (Lipinski definition) is 0. The first-order chi connectivity index (χ1) is 11.9. The van der Waals surface area contributed by atoms with Gasteiger partial charge in [-0.2, -0.15) is 0 Å². The van der Waals surface area contributed by atoms with Crippen LogP contribution in [0.25, 0.3) is 32.9 Å². The fourth-order valence-electron chi connectivity index (χ4n) is 4.04. The zero-order chi connectivity index (χ0) is 17.9. The predicted octanol–water partition coefficient (Wildman–Crippen LogP) is -3.07. The van der Waals surface area contributed by atoms with Gasteiger partial charge < -0.3 is 4.98 Å². The second kappa shape index (κ2) is 5.81. The molecule has 3 aromatic carbocycles. The van der Waals surface area contributed by atoms with Gasteiger partial charge in [-0.05, 0) is 35.4 Å². The summed E-state index contributed by atoms with van der Waals surface area (Å²) in [5.74, 6) is 0. The quantitative estimate of drug-likeness (QED) is 0.355. The molecule has 7 heteroatoms. The number of halogens is 1. The smallest absolute Gasteiger partial charge is 0.139 e. The van der Waals surface area contributed by atoms with E-state index < -0.39 is 0 Å². The summed E-state index contributed by atoms with van der Waals surface area (Å²) in [6, 6.07) is 12.6. The van der Waals surface area contributed by atoms with E-state index in [9.17, 15) is 0 Å². The number of aromatic amines is 1. The number of benzene rings is 3. The van der Waals surface area contributed by atoms with Gasteiger partial charge in [0.25, 0.3) is 0 Å². The molecule has 4 aromatic rings. The topological polar surface area (TPSA) is 15.8 Å². The van der Waals surface area contributed by atoms with Gasteiger partial charge in [0.05, 0.1) is 0 Å². The first-order valence-corrected chi connectivity index (χ1v) is 9.05. The van der Waals surface area contributed by atoms with Gasteiger partial charge in [-0.15, -0.1) is 16.4 Å². The zero-order valence-corrected chi connectivity index (χ0v) is 16.1. The van der Waals surface area contributed by atoms with Crippen LogP contribution < -0.4 is 27.3 Å². The summed E-state index contributed by atoms with van der Waals surface area (Å²) >= 11 is 6.29. The summed E-state index contributed by atoms with van der Waals surface area (Å²) in [7, 11) is 11.2. The minimum Gasteiger partial charge on any atom is -0.354 e. The van der Waals surface area contributed by atoms with E-state index in [-0.39, 0.29) is 0 Å². The molecule has 0 aliphatic heterocycles. The molecule has 1 aromatic heterocycles. The Kier molecular flexibility index (Phi) is 3.84. The third kappa shape index (κ3) is 2.38. The van der Waals surface area contributed by atoms with Crippen molar-refractivity contribution in [3.8, 4) is 11.1 Å². The van der Waals surface area contributed by atoms with Gasteiger partial charge in [-0.1, -0.05) is 34.7 Å². The van der Waals surface area contributed by atoms with Crippen LogP contribution in [0.1, 0.15) is 0 Å². The van der Waals surface area contributed by atoms with Crippen molar-refractivity contribution in [3.63, 3.8) is 0 Å². The molecule has 0 fully saturated rings. The Labute approximate surface area is 157 Å². The normalized spacial score (nSPS) is 11.4. The van der Waals surface area contributed by atoms with Crippen LogP contribution in [0.3, 0.4) is 0 Å². The standard InChI is InChI=1S/C18H17B5ClN/c19-14-13(15(20)17(22)18(23)16(14)21)8-2-1-3-11-12(8)9-6-7(24)4-5-10(9)25-11/h1-6,25H,19-23H2. The molecule has 0 unspecified atom stereocenters. The summed E-state index contributed by atoms with van der Waals surface area (Å²) in [4.78, 5) is 3.54. The van der Waals surface area contributed by atoms with Crippen LogP contribution in [-0.4, -0.2) is 44.2 Å². The summed E-state index contributed by atoms with van der Waals surface area (Å²) in [6.07, 6.45) is 0. The molecule has 0 aliphatic rings. The maximum Gasteiger partial charge on any atom is 0.139 e. The lowest BCUT2D eigenvalue weighted by Crippen LogP contribution is -2.55. The molecule has 0 bridgehead atoms. The molecule has 1 heterocycles. The second-order valence-corrected chi connectivity index (χ2v) is 7.48. The highest BCUT2D eigenvalue weighted by Gasteiger charge is 2.17. The van der Waals surface area contributed by atoms with Gasteiger partial charge >= 0.3 is 0 Å². The van der Waals surface area contributed by atoms with E-state index in [2.05, 4.69) is 74.5 Å². The molecule has 116 valence electrons. The van der Waals surface area contributed by atoms with Crippen LogP contribution in [-0.2, 0) is 0 Å². The van der Waals surface area contributed by atoms with Crippen LogP contribution in [0.5, 0.6) is 0 Å². The molecule has 0 spiro atoms. The van der Waals surface area contributed by atoms with E-state index in [1.165, 1.54) is 49.2 Å². The molecular formula is C18H17B5ClN. The average Bonchev–Trinajstić information content (AvgIpc) is 2.97. The van der Waals surface area contributed by atoms with E-state index >= 15 is 0 Å². The minimum absolute atomic E-state index is 0.771. The number of rotatable bonds is 1. The third-order valence-corrected chi connectivity index (χ3v) is 6.09. The van der Waals surface area contributed by atoms with Gasteiger partial charge in [0, 0.05) is 26.8 Å². The molecular weight excluding hydrogens is 320 g/mol. The van der Waals surface area contributed by atoms with E-state index in [1.54, 1.807) is 0 Å². The monoisotopic (exact) mass is 337 g/mol. The van der Waals surface area contributed by atoms with Gasteiger partial charge in [0.15, 0.2) is 0 Å². The van der Waals surface area contributed by atoms with E-state index in [0.29, 0.717) is 0 Å². The van der Waals surface area contributed by atoms with E-state index in [4.69, 9.17) is 11.6 Å².